The number of ether oxygens (including phenoxy) is 1. The standard InChI is InChI=1S/C28H35N3O4S2/c1-3-35-27(32)22-12-10-21(11-13-22)19-36-28-29-25-17-24(37(33,34)30-16-6-7-20(2)18-30)14-15-26(25)31(28)23-8-4-5-9-23/h10-15,17,20,23H,3-9,16,18-19H2,1-2H3/t20-/m1/s1. The molecule has 2 aliphatic rings. The van der Waals surface area contributed by atoms with Crippen molar-refractivity contribution in [1.29, 1.82) is 0 Å². The Labute approximate surface area is 223 Å². The predicted molar refractivity (Wildman–Crippen MR) is 146 cm³/mol. The first-order chi connectivity index (χ1) is 17.9. The Morgan fingerprint density at radius 3 is 2.54 bits per heavy atom. The molecule has 2 heterocycles. The van der Waals surface area contributed by atoms with Crippen LogP contribution >= 0.6 is 11.8 Å². The van der Waals surface area contributed by atoms with Crippen LogP contribution in [0.1, 0.15) is 74.3 Å². The van der Waals surface area contributed by atoms with Gasteiger partial charge in [0, 0.05) is 24.9 Å². The highest BCUT2D eigenvalue weighted by molar-refractivity contribution is 7.98. The van der Waals surface area contributed by atoms with Crippen molar-refractivity contribution in [1.82, 2.24) is 13.9 Å². The van der Waals surface area contributed by atoms with Crippen LogP contribution in [-0.2, 0) is 20.5 Å². The molecule has 1 atom stereocenters. The molecular formula is C28H35N3O4S2. The fourth-order valence-electron chi connectivity index (χ4n) is 5.45. The Kier molecular flexibility index (Phi) is 7.93. The Bertz CT molecular complexity index is 1360. The number of piperidine rings is 1. The lowest BCUT2D eigenvalue weighted by molar-refractivity contribution is 0.0526. The number of carbonyl (C=O) groups excluding carboxylic acids is 1. The number of carbonyl (C=O) groups is 1. The van der Waals surface area contributed by atoms with Crippen molar-refractivity contribution in [3.8, 4) is 0 Å². The summed E-state index contributed by atoms with van der Waals surface area (Å²) in [5.74, 6) is 0.772. The van der Waals surface area contributed by atoms with Gasteiger partial charge in [0.05, 0.1) is 28.1 Å². The molecule has 0 spiro atoms. The molecule has 198 valence electrons. The van der Waals surface area contributed by atoms with E-state index in [1.807, 2.05) is 18.2 Å². The molecule has 1 aromatic heterocycles. The van der Waals surface area contributed by atoms with Gasteiger partial charge in [-0.15, -0.1) is 0 Å². The van der Waals surface area contributed by atoms with Gasteiger partial charge in [-0.2, -0.15) is 4.31 Å². The lowest BCUT2D eigenvalue weighted by atomic mass is 10.0. The average molecular weight is 542 g/mol. The molecular weight excluding hydrogens is 506 g/mol. The summed E-state index contributed by atoms with van der Waals surface area (Å²) in [6, 6.07) is 13.3. The molecule has 0 N–H and O–H groups in total. The molecule has 5 rings (SSSR count). The Hall–Kier alpha value is -2.36. The summed E-state index contributed by atoms with van der Waals surface area (Å²) >= 11 is 1.65. The third-order valence-corrected chi connectivity index (χ3v) is 10.3. The minimum atomic E-state index is -3.54. The van der Waals surface area contributed by atoms with Gasteiger partial charge in [0.1, 0.15) is 0 Å². The fourth-order valence-corrected chi connectivity index (χ4v) is 8.10. The number of rotatable bonds is 8. The van der Waals surface area contributed by atoms with E-state index in [0.717, 1.165) is 47.4 Å². The summed E-state index contributed by atoms with van der Waals surface area (Å²) in [7, 11) is -3.54. The van der Waals surface area contributed by atoms with Crippen LogP contribution in [0.25, 0.3) is 11.0 Å². The molecule has 0 bridgehead atoms. The summed E-state index contributed by atoms with van der Waals surface area (Å²) < 4.78 is 35.8. The van der Waals surface area contributed by atoms with Crippen molar-refractivity contribution in [3.05, 3.63) is 53.6 Å². The quantitative estimate of drug-likeness (QED) is 0.255. The van der Waals surface area contributed by atoms with Gasteiger partial charge in [-0.1, -0.05) is 43.7 Å². The smallest absolute Gasteiger partial charge is 0.338 e. The first-order valence-corrected chi connectivity index (χ1v) is 15.7. The SMILES string of the molecule is CCOC(=O)c1ccc(CSc2nc3cc(S(=O)(=O)N4CCC[C@@H](C)C4)ccc3n2C2CCCC2)cc1. The molecule has 2 fully saturated rings. The van der Waals surface area contributed by atoms with E-state index in [9.17, 15) is 13.2 Å². The maximum atomic E-state index is 13.4. The topological polar surface area (TPSA) is 81.5 Å². The van der Waals surface area contributed by atoms with Crippen LogP contribution in [0.5, 0.6) is 0 Å². The molecule has 1 saturated heterocycles. The maximum Gasteiger partial charge on any atom is 0.338 e. The first-order valence-electron chi connectivity index (χ1n) is 13.3. The highest BCUT2D eigenvalue weighted by atomic mass is 32.2. The summed E-state index contributed by atoms with van der Waals surface area (Å²) in [4.78, 5) is 17.2. The minimum Gasteiger partial charge on any atom is -0.462 e. The zero-order valence-corrected chi connectivity index (χ0v) is 23.2. The Balaban J connectivity index is 1.42. The van der Waals surface area contributed by atoms with E-state index in [1.54, 1.807) is 47.3 Å². The molecule has 0 unspecified atom stereocenters. The van der Waals surface area contributed by atoms with Crippen molar-refractivity contribution in [3.63, 3.8) is 0 Å². The van der Waals surface area contributed by atoms with Crippen LogP contribution in [-0.4, -0.2) is 47.9 Å². The average Bonchev–Trinajstić information content (AvgIpc) is 3.55. The number of benzene rings is 2. The summed E-state index contributed by atoms with van der Waals surface area (Å²) in [6.45, 7) is 5.42. The number of hydrogen-bond donors (Lipinski definition) is 0. The number of nitrogens with zero attached hydrogens (tertiary/aromatic N) is 3. The molecule has 1 aliphatic heterocycles. The van der Waals surface area contributed by atoms with Crippen molar-refractivity contribution < 1.29 is 17.9 Å². The number of fused-ring (bicyclic) bond motifs is 1. The number of sulfonamides is 1. The lowest BCUT2D eigenvalue weighted by Crippen LogP contribution is -2.39. The van der Waals surface area contributed by atoms with E-state index < -0.39 is 10.0 Å². The van der Waals surface area contributed by atoms with Gasteiger partial charge in [-0.25, -0.2) is 18.2 Å². The van der Waals surface area contributed by atoms with E-state index in [-0.39, 0.29) is 5.97 Å². The van der Waals surface area contributed by atoms with E-state index in [2.05, 4.69) is 11.5 Å². The fraction of sp³-hybridized carbons (Fsp3) is 0.500. The molecule has 0 amide bonds. The highest BCUT2D eigenvalue weighted by Crippen LogP contribution is 2.38. The molecule has 1 saturated carbocycles. The third-order valence-electron chi connectivity index (χ3n) is 7.41. The summed E-state index contributed by atoms with van der Waals surface area (Å²) in [6.07, 6.45) is 6.59. The molecule has 7 nitrogen and oxygen atoms in total. The summed E-state index contributed by atoms with van der Waals surface area (Å²) in [5.41, 5.74) is 3.37. The minimum absolute atomic E-state index is 0.311. The van der Waals surface area contributed by atoms with Gasteiger partial charge in [0.25, 0.3) is 0 Å². The van der Waals surface area contributed by atoms with Crippen molar-refractivity contribution in [2.45, 2.75) is 74.2 Å². The van der Waals surface area contributed by atoms with Crippen LogP contribution in [0.4, 0.5) is 0 Å². The normalized spacial score (nSPS) is 19.5. The van der Waals surface area contributed by atoms with E-state index in [4.69, 9.17) is 9.72 Å². The second-order valence-corrected chi connectivity index (χ2v) is 13.1. The second-order valence-electron chi connectivity index (χ2n) is 10.2. The van der Waals surface area contributed by atoms with Gasteiger partial charge in [-0.05, 0) is 74.4 Å². The molecule has 3 aromatic rings. The van der Waals surface area contributed by atoms with Crippen LogP contribution in [0.2, 0.25) is 0 Å². The monoisotopic (exact) mass is 541 g/mol. The molecule has 2 aromatic carbocycles. The van der Waals surface area contributed by atoms with Gasteiger partial charge in [0.2, 0.25) is 10.0 Å². The Morgan fingerprint density at radius 2 is 1.84 bits per heavy atom. The zero-order chi connectivity index (χ0) is 26.0. The van der Waals surface area contributed by atoms with Gasteiger partial charge < -0.3 is 9.30 Å². The zero-order valence-electron chi connectivity index (χ0n) is 21.6. The van der Waals surface area contributed by atoms with Crippen LogP contribution < -0.4 is 0 Å². The van der Waals surface area contributed by atoms with E-state index in [0.29, 0.717) is 47.9 Å². The van der Waals surface area contributed by atoms with Crippen molar-refractivity contribution in [2.75, 3.05) is 19.7 Å². The first kappa shape index (κ1) is 26.3. The largest absolute Gasteiger partial charge is 0.462 e. The molecule has 37 heavy (non-hydrogen) atoms. The molecule has 9 heteroatoms. The van der Waals surface area contributed by atoms with E-state index in [1.165, 1.54) is 12.8 Å². The maximum absolute atomic E-state index is 13.4. The number of aromatic nitrogens is 2. The second kappa shape index (κ2) is 11.2. The summed E-state index contributed by atoms with van der Waals surface area (Å²) in [5, 5.41) is 0.914. The lowest BCUT2D eigenvalue weighted by Gasteiger charge is -2.30. The van der Waals surface area contributed by atoms with Crippen molar-refractivity contribution in [2.24, 2.45) is 5.92 Å². The van der Waals surface area contributed by atoms with Gasteiger partial charge in [-0.3, -0.25) is 0 Å². The van der Waals surface area contributed by atoms with Crippen molar-refractivity contribution >= 4 is 38.8 Å². The molecule has 1 aliphatic carbocycles. The number of imidazole rings is 1. The van der Waals surface area contributed by atoms with Gasteiger partial charge in [0.15, 0.2) is 5.16 Å². The van der Waals surface area contributed by atoms with Crippen LogP contribution in [0, 0.1) is 5.92 Å². The number of thioether (sulfide) groups is 1. The highest BCUT2D eigenvalue weighted by Gasteiger charge is 2.30. The number of hydrogen-bond acceptors (Lipinski definition) is 6. The third kappa shape index (κ3) is 5.59. The number of esters is 1. The van der Waals surface area contributed by atoms with Crippen LogP contribution in [0.3, 0.4) is 0 Å². The molecule has 0 radical (unpaired) electrons. The van der Waals surface area contributed by atoms with E-state index >= 15 is 0 Å². The predicted octanol–water partition coefficient (Wildman–Crippen LogP) is 6.04. The van der Waals surface area contributed by atoms with Gasteiger partial charge >= 0.3 is 5.97 Å². The Morgan fingerprint density at radius 1 is 1.08 bits per heavy atom. The van der Waals surface area contributed by atoms with Crippen LogP contribution in [0.15, 0.2) is 52.5 Å².